The maximum Gasteiger partial charge on any atom is 0.310 e. The van der Waals surface area contributed by atoms with Gasteiger partial charge in [-0.2, -0.15) is 0 Å². The largest absolute Gasteiger partial charge is 0.464 e. The van der Waals surface area contributed by atoms with E-state index < -0.39 is 15.8 Å². The highest BCUT2D eigenvalue weighted by Gasteiger charge is 2.42. The summed E-state index contributed by atoms with van der Waals surface area (Å²) in [5, 5.41) is 0.852. The maximum atomic E-state index is 12.6. The van der Waals surface area contributed by atoms with E-state index in [-0.39, 0.29) is 42.5 Å². The van der Waals surface area contributed by atoms with Crippen molar-refractivity contribution in [3.05, 3.63) is 35.6 Å². The minimum atomic E-state index is -3.08. The number of nitrogens with zero attached hydrogens (tertiary/aromatic N) is 1. The topological polar surface area (TPSA) is 93.9 Å². The number of furan rings is 1. The van der Waals surface area contributed by atoms with Gasteiger partial charge in [-0.05, 0) is 37.8 Å². The molecule has 8 heteroatoms. The van der Waals surface area contributed by atoms with Crippen molar-refractivity contribution >= 4 is 32.7 Å². The fraction of sp³-hybridized carbons (Fsp3) is 0.500. The Kier molecular flexibility index (Phi) is 4.91. The van der Waals surface area contributed by atoms with Crippen LogP contribution in [0.1, 0.15) is 30.4 Å². The number of carbonyl (C=O) groups is 2. The number of sulfone groups is 1. The minimum absolute atomic E-state index is 0.00358. The number of ether oxygens (including phenoxy) is 1. The number of rotatable bonds is 6. The number of carbonyl (C=O) groups excluding carboxylic acids is 2. The van der Waals surface area contributed by atoms with Crippen LogP contribution >= 0.6 is 0 Å². The molecule has 0 N–H and O–H groups in total. The van der Waals surface area contributed by atoms with Crippen molar-refractivity contribution < 1.29 is 27.2 Å². The van der Waals surface area contributed by atoms with Crippen LogP contribution < -0.4 is 0 Å². The Morgan fingerprint density at radius 3 is 2.68 bits per heavy atom. The second kappa shape index (κ2) is 7.24. The van der Waals surface area contributed by atoms with Crippen LogP contribution in [0.25, 0.3) is 11.0 Å². The first-order valence-corrected chi connectivity index (χ1v) is 11.3. The maximum absolute atomic E-state index is 12.6. The number of fused-ring (bicyclic) bond motifs is 1. The Morgan fingerprint density at radius 1 is 1.21 bits per heavy atom. The van der Waals surface area contributed by atoms with Gasteiger partial charge < -0.3 is 14.1 Å². The second-order valence-electron chi connectivity index (χ2n) is 7.69. The van der Waals surface area contributed by atoms with Gasteiger partial charge in [0.15, 0.2) is 16.4 Å². The van der Waals surface area contributed by atoms with Crippen LogP contribution in [0.4, 0.5) is 0 Å². The highest BCUT2D eigenvalue weighted by molar-refractivity contribution is 7.91. The SMILES string of the molecule is Cc1ccc2c(CC(=O)OCC(=O)N(C3CC3)[C@H]3CCS(=O)(=O)C3)coc2c1. The molecule has 2 fully saturated rings. The predicted molar refractivity (Wildman–Crippen MR) is 103 cm³/mol. The van der Waals surface area contributed by atoms with Gasteiger partial charge in [0.25, 0.3) is 5.91 Å². The van der Waals surface area contributed by atoms with Gasteiger partial charge in [0, 0.05) is 23.0 Å². The van der Waals surface area contributed by atoms with Gasteiger partial charge in [0.2, 0.25) is 0 Å². The van der Waals surface area contributed by atoms with Crippen molar-refractivity contribution in [1.29, 1.82) is 0 Å². The van der Waals surface area contributed by atoms with Gasteiger partial charge in [-0.3, -0.25) is 9.59 Å². The molecular formula is C20H23NO6S. The molecule has 0 spiro atoms. The molecule has 7 nitrogen and oxygen atoms in total. The molecule has 1 saturated carbocycles. The van der Waals surface area contributed by atoms with Gasteiger partial charge in [-0.25, -0.2) is 8.42 Å². The first-order valence-electron chi connectivity index (χ1n) is 9.46. The molecule has 1 aromatic heterocycles. The third kappa shape index (κ3) is 4.06. The predicted octanol–water partition coefficient (Wildman–Crippen LogP) is 2.01. The van der Waals surface area contributed by atoms with Gasteiger partial charge in [-0.15, -0.1) is 0 Å². The smallest absolute Gasteiger partial charge is 0.310 e. The summed E-state index contributed by atoms with van der Waals surface area (Å²) in [5.74, 6) is -0.707. The molecule has 1 saturated heterocycles. The van der Waals surface area contributed by atoms with E-state index in [1.165, 1.54) is 6.26 Å². The van der Waals surface area contributed by atoms with Crippen LogP contribution in [0, 0.1) is 6.92 Å². The summed E-state index contributed by atoms with van der Waals surface area (Å²) in [7, 11) is -3.08. The molecule has 1 aliphatic heterocycles. The van der Waals surface area contributed by atoms with E-state index in [4.69, 9.17) is 9.15 Å². The summed E-state index contributed by atoms with van der Waals surface area (Å²) in [5.41, 5.74) is 2.49. The average Bonchev–Trinajstić information content (AvgIpc) is 3.29. The summed E-state index contributed by atoms with van der Waals surface area (Å²) in [4.78, 5) is 26.5. The molecule has 0 radical (unpaired) electrons. The molecule has 1 aromatic carbocycles. The average molecular weight is 405 g/mol. The summed E-state index contributed by atoms with van der Waals surface area (Å²) in [6.07, 6.45) is 3.75. The zero-order valence-corrected chi connectivity index (χ0v) is 16.5. The van der Waals surface area contributed by atoms with Crippen molar-refractivity contribution in [2.45, 2.75) is 44.7 Å². The van der Waals surface area contributed by atoms with Crippen molar-refractivity contribution in [2.24, 2.45) is 0 Å². The summed E-state index contributed by atoms with van der Waals surface area (Å²) >= 11 is 0. The van der Waals surface area contributed by atoms with Crippen LogP contribution in [0.2, 0.25) is 0 Å². The first kappa shape index (κ1) is 19.0. The number of aryl methyl sites for hydroxylation is 1. The third-order valence-electron chi connectivity index (χ3n) is 5.33. The van der Waals surface area contributed by atoms with Crippen LogP contribution in [0.15, 0.2) is 28.9 Å². The van der Waals surface area contributed by atoms with E-state index in [1.54, 1.807) is 4.90 Å². The standard InChI is InChI=1S/C20H23NO6S/c1-13-2-5-17-14(10-26-18(17)8-13)9-20(23)27-11-19(22)21(15-3-4-15)16-6-7-28(24,25)12-16/h2,5,8,10,15-16H,3-4,6-7,9,11-12H2,1H3/t16-/m0/s1. The van der Waals surface area contributed by atoms with Crippen LogP contribution in [0.3, 0.4) is 0 Å². The van der Waals surface area contributed by atoms with Crippen LogP contribution in [-0.2, 0) is 30.6 Å². The Hall–Kier alpha value is -2.35. The second-order valence-corrected chi connectivity index (χ2v) is 9.92. The lowest BCUT2D eigenvalue weighted by molar-refractivity contribution is -0.152. The molecule has 2 heterocycles. The van der Waals surface area contributed by atoms with E-state index in [9.17, 15) is 18.0 Å². The monoisotopic (exact) mass is 405 g/mol. The molecule has 1 amide bonds. The van der Waals surface area contributed by atoms with Gasteiger partial charge in [0.1, 0.15) is 5.58 Å². The molecule has 2 aromatic rings. The Morgan fingerprint density at radius 2 is 2.00 bits per heavy atom. The zero-order chi connectivity index (χ0) is 19.9. The quantitative estimate of drug-likeness (QED) is 0.683. The molecule has 4 rings (SSSR count). The Bertz CT molecular complexity index is 1020. The van der Waals surface area contributed by atoms with Crippen molar-refractivity contribution in [3.63, 3.8) is 0 Å². The van der Waals surface area contributed by atoms with E-state index >= 15 is 0 Å². The summed E-state index contributed by atoms with van der Waals surface area (Å²) < 4.78 is 34.2. The number of esters is 1. The van der Waals surface area contributed by atoms with Crippen molar-refractivity contribution in [3.8, 4) is 0 Å². The van der Waals surface area contributed by atoms with E-state index in [0.717, 1.165) is 23.8 Å². The highest BCUT2D eigenvalue weighted by Crippen LogP contribution is 2.32. The van der Waals surface area contributed by atoms with E-state index in [0.29, 0.717) is 17.6 Å². The molecule has 0 unspecified atom stereocenters. The molecule has 1 atom stereocenters. The minimum Gasteiger partial charge on any atom is -0.464 e. The number of hydrogen-bond acceptors (Lipinski definition) is 6. The lowest BCUT2D eigenvalue weighted by Crippen LogP contribution is -2.44. The Balaban J connectivity index is 1.36. The van der Waals surface area contributed by atoms with E-state index in [2.05, 4.69) is 0 Å². The Labute approximate surface area is 163 Å². The lowest BCUT2D eigenvalue weighted by Gasteiger charge is -2.28. The summed E-state index contributed by atoms with van der Waals surface area (Å²) in [6, 6.07) is 5.52. The molecule has 28 heavy (non-hydrogen) atoms. The van der Waals surface area contributed by atoms with Crippen LogP contribution in [0.5, 0.6) is 0 Å². The molecule has 1 aliphatic carbocycles. The molecular weight excluding hydrogens is 382 g/mol. The number of hydrogen-bond donors (Lipinski definition) is 0. The molecule has 0 bridgehead atoms. The number of benzene rings is 1. The molecule has 2 aliphatic rings. The third-order valence-corrected chi connectivity index (χ3v) is 7.08. The number of amides is 1. The molecule has 150 valence electrons. The highest BCUT2D eigenvalue weighted by atomic mass is 32.2. The summed E-state index contributed by atoms with van der Waals surface area (Å²) in [6.45, 7) is 1.60. The van der Waals surface area contributed by atoms with Crippen molar-refractivity contribution in [2.75, 3.05) is 18.1 Å². The normalized spacial score (nSPS) is 21.0. The zero-order valence-electron chi connectivity index (χ0n) is 15.7. The fourth-order valence-corrected chi connectivity index (χ4v) is 5.51. The van der Waals surface area contributed by atoms with Gasteiger partial charge in [0.05, 0.1) is 24.2 Å². The lowest BCUT2D eigenvalue weighted by atomic mass is 10.1. The van der Waals surface area contributed by atoms with Gasteiger partial charge in [-0.1, -0.05) is 12.1 Å². The van der Waals surface area contributed by atoms with Gasteiger partial charge >= 0.3 is 5.97 Å². The van der Waals surface area contributed by atoms with Crippen LogP contribution in [-0.4, -0.2) is 55.4 Å². The van der Waals surface area contributed by atoms with Crippen molar-refractivity contribution in [1.82, 2.24) is 4.90 Å². The van der Waals surface area contributed by atoms with E-state index in [1.807, 2.05) is 25.1 Å². The first-order chi connectivity index (χ1) is 13.3. The fourth-order valence-electron chi connectivity index (χ4n) is 3.80.